The van der Waals surface area contributed by atoms with E-state index in [1.165, 1.54) is 12.1 Å². The maximum Gasteiger partial charge on any atom is 0.316 e. The first kappa shape index (κ1) is 16.2. The Hall–Kier alpha value is -3.15. The number of amides is 3. The van der Waals surface area contributed by atoms with E-state index < -0.39 is 17.7 Å². The SMILES string of the molecule is CCc1ccccc1NC(=O)C(=O)NC(=O)c1ccccc1N. The van der Waals surface area contributed by atoms with Crippen LogP contribution in [-0.4, -0.2) is 17.7 Å². The third-order valence-electron chi connectivity index (χ3n) is 3.29. The summed E-state index contributed by atoms with van der Waals surface area (Å²) in [5, 5.41) is 4.52. The van der Waals surface area contributed by atoms with Crippen LogP contribution in [0.5, 0.6) is 0 Å². The van der Waals surface area contributed by atoms with Crippen LogP contribution in [0.2, 0.25) is 0 Å². The van der Waals surface area contributed by atoms with E-state index in [4.69, 9.17) is 5.73 Å². The molecular formula is C17H17N3O3. The second-order valence-corrected chi connectivity index (χ2v) is 4.84. The Labute approximate surface area is 133 Å². The highest BCUT2D eigenvalue weighted by Gasteiger charge is 2.19. The summed E-state index contributed by atoms with van der Waals surface area (Å²) in [5.41, 5.74) is 7.47. The highest BCUT2D eigenvalue weighted by Crippen LogP contribution is 2.15. The van der Waals surface area contributed by atoms with Gasteiger partial charge in [0.05, 0.1) is 5.56 Å². The van der Waals surface area contributed by atoms with E-state index in [2.05, 4.69) is 5.32 Å². The maximum absolute atomic E-state index is 12.0. The highest BCUT2D eigenvalue weighted by molar-refractivity contribution is 6.42. The molecule has 0 bridgehead atoms. The summed E-state index contributed by atoms with van der Waals surface area (Å²) < 4.78 is 0. The first-order chi connectivity index (χ1) is 11.0. The second-order valence-electron chi connectivity index (χ2n) is 4.84. The molecule has 0 spiro atoms. The molecule has 23 heavy (non-hydrogen) atoms. The molecule has 2 aromatic carbocycles. The van der Waals surface area contributed by atoms with Crippen LogP contribution in [0.4, 0.5) is 11.4 Å². The fourth-order valence-electron chi connectivity index (χ4n) is 2.06. The van der Waals surface area contributed by atoms with Gasteiger partial charge in [-0.1, -0.05) is 37.3 Å². The predicted octanol–water partition coefficient (Wildman–Crippen LogP) is 1.73. The molecule has 0 aliphatic carbocycles. The number of hydrogen-bond acceptors (Lipinski definition) is 4. The van der Waals surface area contributed by atoms with Gasteiger partial charge in [-0.15, -0.1) is 0 Å². The van der Waals surface area contributed by atoms with E-state index in [-0.39, 0.29) is 11.3 Å². The van der Waals surface area contributed by atoms with Gasteiger partial charge in [-0.05, 0) is 30.2 Å². The standard InChI is InChI=1S/C17H17N3O3/c1-2-11-7-3-6-10-14(11)19-16(22)17(23)20-15(21)12-8-4-5-9-13(12)18/h3-10H,2,18H2,1H3,(H,19,22)(H,20,21,23). The van der Waals surface area contributed by atoms with Crippen LogP contribution in [0.1, 0.15) is 22.8 Å². The topological polar surface area (TPSA) is 101 Å². The quantitative estimate of drug-likeness (QED) is 0.593. The van der Waals surface area contributed by atoms with E-state index in [1.54, 1.807) is 24.3 Å². The number of carbonyl (C=O) groups excluding carboxylic acids is 3. The Morgan fingerprint density at radius 3 is 2.30 bits per heavy atom. The molecule has 0 aromatic heterocycles. The molecule has 0 radical (unpaired) electrons. The first-order valence-corrected chi connectivity index (χ1v) is 7.12. The predicted molar refractivity (Wildman–Crippen MR) is 87.8 cm³/mol. The van der Waals surface area contributed by atoms with Crippen LogP contribution >= 0.6 is 0 Å². The van der Waals surface area contributed by atoms with Crippen molar-refractivity contribution in [1.29, 1.82) is 0 Å². The number of rotatable bonds is 3. The summed E-state index contributed by atoms with van der Waals surface area (Å²) in [6, 6.07) is 13.4. The average Bonchev–Trinajstić information content (AvgIpc) is 2.55. The maximum atomic E-state index is 12.0. The van der Waals surface area contributed by atoms with Gasteiger partial charge in [0.1, 0.15) is 0 Å². The number of aryl methyl sites for hydroxylation is 1. The molecule has 0 atom stereocenters. The van der Waals surface area contributed by atoms with Gasteiger partial charge < -0.3 is 11.1 Å². The molecule has 2 aromatic rings. The third-order valence-corrected chi connectivity index (χ3v) is 3.29. The Balaban J connectivity index is 2.05. The van der Waals surface area contributed by atoms with Gasteiger partial charge in [-0.25, -0.2) is 0 Å². The van der Waals surface area contributed by atoms with E-state index in [0.29, 0.717) is 12.1 Å². The van der Waals surface area contributed by atoms with Crippen LogP contribution < -0.4 is 16.4 Å². The lowest BCUT2D eigenvalue weighted by molar-refractivity contribution is -0.135. The Morgan fingerprint density at radius 2 is 1.61 bits per heavy atom. The van der Waals surface area contributed by atoms with Crippen molar-refractivity contribution in [3.8, 4) is 0 Å². The minimum atomic E-state index is -1.04. The van der Waals surface area contributed by atoms with E-state index in [1.807, 2.05) is 24.4 Å². The molecule has 3 amide bonds. The minimum absolute atomic E-state index is 0.141. The zero-order valence-corrected chi connectivity index (χ0v) is 12.6. The number of benzene rings is 2. The lowest BCUT2D eigenvalue weighted by atomic mass is 10.1. The molecule has 0 aliphatic heterocycles. The Morgan fingerprint density at radius 1 is 0.957 bits per heavy atom. The van der Waals surface area contributed by atoms with Crippen molar-refractivity contribution in [3.05, 3.63) is 59.7 Å². The van der Waals surface area contributed by atoms with Gasteiger partial charge in [0, 0.05) is 11.4 Å². The lowest BCUT2D eigenvalue weighted by Crippen LogP contribution is -2.39. The van der Waals surface area contributed by atoms with Crippen molar-refractivity contribution < 1.29 is 14.4 Å². The smallest absolute Gasteiger partial charge is 0.316 e. The number of imide groups is 1. The monoisotopic (exact) mass is 311 g/mol. The van der Waals surface area contributed by atoms with E-state index >= 15 is 0 Å². The van der Waals surface area contributed by atoms with Crippen molar-refractivity contribution >= 4 is 29.1 Å². The molecule has 118 valence electrons. The van der Waals surface area contributed by atoms with Crippen molar-refractivity contribution in [3.63, 3.8) is 0 Å². The summed E-state index contributed by atoms with van der Waals surface area (Å²) in [7, 11) is 0. The molecule has 0 saturated carbocycles. The Kier molecular flexibility index (Phi) is 5.09. The van der Waals surface area contributed by atoms with Gasteiger partial charge in [0.15, 0.2) is 0 Å². The molecule has 0 fully saturated rings. The number of nitrogens with two attached hydrogens (primary N) is 1. The summed E-state index contributed by atoms with van der Waals surface area (Å²) in [6.45, 7) is 1.94. The van der Waals surface area contributed by atoms with Crippen molar-refractivity contribution in [1.82, 2.24) is 5.32 Å². The molecule has 0 aliphatic rings. The molecule has 0 heterocycles. The largest absolute Gasteiger partial charge is 0.398 e. The fourth-order valence-corrected chi connectivity index (χ4v) is 2.06. The molecule has 6 heteroatoms. The van der Waals surface area contributed by atoms with Crippen LogP contribution in [0.3, 0.4) is 0 Å². The van der Waals surface area contributed by atoms with Crippen molar-refractivity contribution in [2.75, 3.05) is 11.1 Å². The average molecular weight is 311 g/mol. The number of hydrogen-bond donors (Lipinski definition) is 3. The van der Waals surface area contributed by atoms with Crippen LogP contribution in [0.25, 0.3) is 0 Å². The third kappa shape index (κ3) is 3.94. The summed E-state index contributed by atoms with van der Waals surface area (Å²) in [4.78, 5) is 35.7. The zero-order valence-electron chi connectivity index (χ0n) is 12.6. The van der Waals surface area contributed by atoms with Crippen LogP contribution in [0, 0.1) is 0 Å². The van der Waals surface area contributed by atoms with E-state index in [9.17, 15) is 14.4 Å². The minimum Gasteiger partial charge on any atom is -0.398 e. The summed E-state index contributed by atoms with van der Waals surface area (Å²) in [5.74, 6) is -2.66. The van der Waals surface area contributed by atoms with E-state index in [0.717, 1.165) is 5.56 Å². The molecule has 2 rings (SSSR count). The van der Waals surface area contributed by atoms with Crippen LogP contribution in [-0.2, 0) is 16.0 Å². The number of para-hydroxylation sites is 2. The highest BCUT2D eigenvalue weighted by atomic mass is 16.2. The van der Waals surface area contributed by atoms with Gasteiger partial charge in [0.2, 0.25) is 0 Å². The molecule has 4 N–H and O–H groups in total. The van der Waals surface area contributed by atoms with Crippen LogP contribution in [0.15, 0.2) is 48.5 Å². The summed E-state index contributed by atoms with van der Waals surface area (Å²) in [6.07, 6.45) is 0.706. The zero-order chi connectivity index (χ0) is 16.8. The Bertz CT molecular complexity index is 756. The lowest BCUT2D eigenvalue weighted by Gasteiger charge is -2.10. The molecule has 0 saturated heterocycles. The molecule has 0 unspecified atom stereocenters. The first-order valence-electron chi connectivity index (χ1n) is 7.12. The van der Waals surface area contributed by atoms with Crippen molar-refractivity contribution in [2.24, 2.45) is 0 Å². The van der Waals surface area contributed by atoms with Gasteiger partial charge in [0.25, 0.3) is 5.91 Å². The summed E-state index contributed by atoms with van der Waals surface area (Å²) >= 11 is 0. The molecular weight excluding hydrogens is 294 g/mol. The number of nitrogens with one attached hydrogen (secondary N) is 2. The van der Waals surface area contributed by atoms with Gasteiger partial charge >= 0.3 is 11.8 Å². The van der Waals surface area contributed by atoms with Gasteiger partial charge in [-0.3, -0.25) is 19.7 Å². The number of anilines is 2. The van der Waals surface area contributed by atoms with Gasteiger partial charge in [-0.2, -0.15) is 0 Å². The fraction of sp³-hybridized carbons (Fsp3) is 0.118. The van der Waals surface area contributed by atoms with Crippen molar-refractivity contribution in [2.45, 2.75) is 13.3 Å². The second kappa shape index (κ2) is 7.22. The normalized spacial score (nSPS) is 9.96. The number of nitrogen functional groups attached to an aromatic ring is 1. The molecule has 6 nitrogen and oxygen atoms in total. The number of carbonyl (C=O) groups is 3.